The van der Waals surface area contributed by atoms with Gasteiger partial charge in [-0.05, 0) is 31.5 Å². The molecule has 1 aliphatic rings. The summed E-state index contributed by atoms with van der Waals surface area (Å²) in [6.07, 6.45) is 2.43. The Hall–Kier alpha value is -3.10. The molecule has 0 aromatic carbocycles. The first-order chi connectivity index (χ1) is 13.5. The van der Waals surface area contributed by atoms with Crippen LogP contribution in [0, 0.1) is 12.7 Å². The van der Waals surface area contributed by atoms with Crippen LogP contribution < -0.4 is 15.5 Å². The Morgan fingerprint density at radius 2 is 2.36 bits per heavy atom. The van der Waals surface area contributed by atoms with Crippen molar-refractivity contribution in [2.45, 2.75) is 25.9 Å². The lowest BCUT2D eigenvalue weighted by molar-refractivity contribution is 0.0599. The number of hydrogen-bond acceptors (Lipinski definition) is 6. The number of pyridine rings is 1. The predicted octanol–water partition coefficient (Wildman–Crippen LogP) is 1.85. The highest BCUT2D eigenvalue weighted by atomic mass is 19.1. The van der Waals surface area contributed by atoms with Crippen molar-refractivity contribution < 1.29 is 18.3 Å². The van der Waals surface area contributed by atoms with Gasteiger partial charge in [0.25, 0.3) is 0 Å². The fraction of sp³-hybridized carbons (Fsp3) is 0.421. The number of aliphatic imine (C=N–C) groups is 1. The van der Waals surface area contributed by atoms with Gasteiger partial charge in [0, 0.05) is 32.4 Å². The van der Waals surface area contributed by atoms with Gasteiger partial charge in [0.1, 0.15) is 17.1 Å². The van der Waals surface area contributed by atoms with E-state index >= 15 is 0 Å². The number of guanidine groups is 1. The molecule has 8 nitrogen and oxygen atoms in total. The topological polar surface area (TPSA) is 92.0 Å². The summed E-state index contributed by atoms with van der Waals surface area (Å²) in [5.41, 5.74) is 0.408. The zero-order valence-corrected chi connectivity index (χ0v) is 16.2. The molecule has 0 aliphatic carbocycles. The van der Waals surface area contributed by atoms with E-state index in [1.807, 2.05) is 4.90 Å². The highest BCUT2D eigenvalue weighted by Crippen LogP contribution is 2.21. The van der Waals surface area contributed by atoms with E-state index in [1.54, 1.807) is 32.3 Å². The molecule has 0 radical (unpaired) electrons. The third kappa shape index (κ3) is 4.41. The molecule has 3 rings (SSSR count). The molecule has 9 heteroatoms. The molecular weight excluding hydrogens is 365 g/mol. The average Bonchev–Trinajstić information content (AvgIpc) is 3.31. The number of esters is 1. The lowest BCUT2D eigenvalue weighted by Crippen LogP contribution is -2.44. The fourth-order valence-electron chi connectivity index (χ4n) is 3.18. The van der Waals surface area contributed by atoms with E-state index in [-0.39, 0.29) is 11.9 Å². The zero-order chi connectivity index (χ0) is 20.1. The number of hydrogen-bond donors (Lipinski definition) is 2. The lowest BCUT2D eigenvalue weighted by atomic mass is 10.2. The quantitative estimate of drug-likeness (QED) is 0.458. The highest BCUT2D eigenvalue weighted by molar-refractivity contribution is 5.90. The van der Waals surface area contributed by atoms with Crippen molar-refractivity contribution >= 4 is 17.7 Å². The maximum Gasteiger partial charge on any atom is 0.341 e. The van der Waals surface area contributed by atoms with Crippen LogP contribution >= 0.6 is 0 Å². The van der Waals surface area contributed by atoms with Gasteiger partial charge in [-0.2, -0.15) is 0 Å². The third-order valence-electron chi connectivity index (χ3n) is 4.60. The van der Waals surface area contributed by atoms with E-state index in [9.17, 15) is 9.18 Å². The van der Waals surface area contributed by atoms with Crippen molar-refractivity contribution in [2.24, 2.45) is 4.99 Å². The van der Waals surface area contributed by atoms with Crippen LogP contribution in [0.15, 0.2) is 33.8 Å². The molecule has 28 heavy (non-hydrogen) atoms. The molecule has 0 saturated carbocycles. The third-order valence-corrected chi connectivity index (χ3v) is 4.60. The maximum absolute atomic E-state index is 13.9. The summed E-state index contributed by atoms with van der Waals surface area (Å²) < 4.78 is 24.2. The van der Waals surface area contributed by atoms with Crippen LogP contribution in [0.1, 0.15) is 28.3 Å². The largest absolute Gasteiger partial charge is 0.465 e. The Morgan fingerprint density at radius 3 is 3.07 bits per heavy atom. The number of methoxy groups -OCH3 is 1. The lowest BCUT2D eigenvalue weighted by Gasteiger charge is -2.19. The predicted molar refractivity (Wildman–Crippen MR) is 103 cm³/mol. The SMILES string of the molecule is CN=C(NCc1cc(C(=O)OC)c(C)o1)NC1CCN(c2ncccc2F)C1. The fourth-order valence-corrected chi connectivity index (χ4v) is 3.18. The number of carbonyl (C=O) groups is 1. The Labute approximate surface area is 162 Å². The smallest absolute Gasteiger partial charge is 0.341 e. The summed E-state index contributed by atoms with van der Waals surface area (Å²) in [6, 6.07) is 4.76. The number of nitrogens with zero attached hydrogens (tertiary/aromatic N) is 3. The number of aryl methyl sites for hydroxylation is 1. The molecule has 1 aliphatic heterocycles. The summed E-state index contributed by atoms with van der Waals surface area (Å²) in [5, 5.41) is 6.49. The molecule has 0 bridgehead atoms. The van der Waals surface area contributed by atoms with Crippen molar-refractivity contribution in [3.8, 4) is 0 Å². The van der Waals surface area contributed by atoms with Gasteiger partial charge in [-0.3, -0.25) is 4.99 Å². The van der Waals surface area contributed by atoms with E-state index in [0.29, 0.717) is 48.5 Å². The highest BCUT2D eigenvalue weighted by Gasteiger charge is 2.26. The standard InChI is InChI=1S/C19H24FN5O3/c1-12-15(18(26)27-3)9-14(28-12)10-23-19(21-2)24-13-6-8-25(11-13)17-16(20)5-4-7-22-17/h4-5,7,9,13H,6,8,10-11H2,1-3H3,(H2,21,23,24). The van der Waals surface area contributed by atoms with E-state index in [2.05, 4.69) is 20.6 Å². The Kier molecular flexibility index (Phi) is 6.13. The number of anilines is 1. The van der Waals surface area contributed by atoms with Gasteiger partial charge < -0.3 is 24.7 Å². The first kappa shape index (κ1) is 19.7. The molecular formula is C19H24FN5O3. The molecule has 1 unspecified atom stereocenters. The first-order valence-corrected chi connectivity index (χ1v) is 9.02. The summed E-state index contributed by atoms with van der Waals surface area (Å²) in [7, 11) is 3.01. The van der Waals surface area contributed by atoms with E-state index in [1.165, 1.54) is 13.2 Å². The van der Waals surface area contributed by atoms with Crippen molar-refractivity contribution in [3.05, 3.63) is 47.3 Å². The number of nitrogens with one attached hydrogen (secondary N) is 2. The number of rotatable bonds is 5. The molecule has 0 amide bonds. The zero-order valence-electron chi connectivity index (χ0n) is 16.2. The summed E-state index contributed by atoms with van der Waals surface area (Å²) in [5.74, 6) is 1.33. The summed E-state index contributed by atoms with van der Waals surface area (Å²) >= 11 is 0. The van der Waals surface area contributed by atoms with Crippen LogP contribution in [0.2, 0.25) is 0 Å². The minimum atomic E-state index is -0.428. The van der Waals surface area contributed by atoms with Crippen molar-refractivity contribution in [1.29, 1.82) is 0 Å². The number of carbonyl (C=O) groups excluding carboxylic acids is 1. The number of aromatic nitrogens is 1. The Morgan fingerprint density at radius 1 is 1.54 bits per heavy atom. The van der Waals surface area contributed by atoms with Gasteiger partial charge in [0.15, 0.2) is 17.6 Å². The molecule has 2 aromatic rings. The first-order valence-electron chi connectivity index (χ1n) is 9.02. The van der Waals surface area contributed by atoms with Crippen LogP contribution in [0.4, 0.5) is 10.2 Å². The van der Waals surface area contributed by atoms with Crippen LogP contribution in [-0.2, 0) is 11.3 Å². The number of halogens is 1. The van der Waals surface area contributed by atoms with Gasteiger partial charge in [0.2, 0.25) is 0 Å². The van der Waals surface area contributed by atoms with E-state index < -0.39 is 5.97 Å². The Balaban J connectivity index is 1.54. The van der Waals surface area contributed by atoms with Crippen LogP contribution in [0.3, 0.4) is 0 Å². The second-order valence-electron chi connectivity index (χ2n) is 6.48. The van der Waals surface area contributed by atoms with Gasteiger partial charge >= 0.3 is 5.97 Å². The second kappa shape index (κ2) is 8.73. The Bertz CT molecular complexity index is 867. The molecule has 2 N–H and O–H groups in total. The summed E-state index contributed by atoms with van der Waals surface area (Å²) in [6.45, 7) is 3.42. The van der Waals surface area contributed by atoms with Gasteiger partial charge in [-0.25, -0.2) is 14.2 Å². The molecule has 3 heterocycles. The van der Waals surface area contributed by atoms with Crippen LogP contribution in [0.5, 0.6) is 0 Å². The maximum atomic E-state index is 13.9. The van der Waals surface area contributed by atoms with Crippen LogP contribution in [0.25, 0.3) is 0 Å². The van der Waals surface area contributed by atoms with Gasteiger partial charge in [0.05, 0.1) is 13.7 Å². The normalized spacial score (nSPS) is 16.9. The molecule has 0 spiro atoms. The number of furan rings is 1. The van der Waals surface area contributed by atoms with Gasteiger partial charge in [-0.15, -0.1) is 0 Å². The molecule has 2 aromatic heterocycles. The minimum absolute atomic E-state index is 0.108. The van der Waals surface area contributed by atoms with Crippen molar-refractivity contribution in [1.82, 2.24) is 15.6 Å². The van der Waals surface area contributed by atoms with Gasteiger partial charge in [-0.1, -0.05) is 0 Å². The molecule has 150 valence electrons. The second-order valence-corrected chi connectivity index (χ2v) is 6.48. The van der Waals surface area contributed by atoms with Crippen molar-refractivity contribution in [3.63, 3.8) is 0 Å². The van der Waals surface area contributed by atoms with Crippen molar-refractivity contribution in [2.75, 3.05) is 32.1 Å². The molecule has 1 fully saturated rings. The van der Waals surface area contributed by atoms with E-state index in [0.717, 1.165) is 6.42 Å². The molecule has 1 atom stereocenters. The average molecular weight is 389 g/mol. The number of ether oxygens (including phenoxy) is 1. The molecule has 1 saturated heterocycles. The monoisotopic (exact) mass is 389 g/mol. The minimum Gasteiger partial charge on any atom is -0.465 e. The summed E-state index contributed by atoms with van der Waals surface area (Å²) in [4.78, 5) is 21.9. The van der Waals surface area contributed by atoms with E-state index in [4.69, 9.17) is 9.15 Å². The van der Waals surface area contributed by atoms with Crippen LogP contribution in [-0.4, -0.2) is 50.2 Å².